The molecule has 90 valence electrons. The summed E-state index contributed by atoms with van der Waals surface area (Å²) >= 11 is 0. The number of aromatic nitrogens is 1. The molecule has 0 atom stereocenters. The summed E-state index contributed by atoms with van der Waals surface area (Å²) in [7, 11) is 0. The van der Waals surface area contributed by atoms with Gasteiger partial charge in [0.2, 0.25) is 0 Å². The van der Waals surface area contributed by atoms with Gasteiger partial charge in [-0.2, -0.15) is 0 Å². The van der Waals surface area contributed by atoms with Crippen molar-refractivity contribution in [2.45, 2.75) is 6.42 Å². The lowest BCUT2D eigenvalue weighted by Crippen LogP contribution is -2.26. The quantitative estimate of drug-likeness (QED) is 0.596. The van der Waals surface area contributed by atoms with E-state index in [1.54, 1.807) is 0 Å². The number of carbonyl (C=O) groups excluding carboxylic acids is 1. The molecule has 0 spiro atoms. The Labute approximate surface area is 104 Å². The minimum absolute atomic E-state index is 0.587. The lowest BCUT2D eigenvalue weighted by Gasteiger charge is -2.25. The summed E-state index contributed by atoms with van der Waals surface area (Å²) in [5.74, 6) is 2.05. The average Bonchev–Trinajstić information content (AvgIpc) is 2.88. The first kappa shape index (κ1) is 10.8. The van der Waals surface area contributed by atoms with Gasteiger partial charge in [0.25, 0.3) is 0 Å². The van der Waals surface area contributed by atoms with Crippen LogP contribution in [-0.4, -0.2) is 28.9 Å². The largest absolute Gasteiger partial charge is 0.443 e. The monoisotopic (exact) mass is 240 g/mol. The van der Waals surface area contributed by atoms with Gasteiger partial charge in [-0.05, 0) is 24.6 Å². The molecule has 0 bridgehead atoms. The van der Waals surface area contributed by atoms with Crippen molar-refractivity contribution in [2.24, 2.45) is 0 Å². The standard InChI is InChI=1S/C14H12N2O2/c17-9-13(16-6-2-1-3-7-16)11-4-5-14-12(8-11)15-10-18-14/h1-2,4-5,8,10H,3,6-7H2. The number of benzene rings is 1. The predicted molar refractivity (Wildman–Crippen MR) is 68.4 cm³/mol. The molecule has 2 heterocycles. The van der Waals surface area contributed by atoms with Crippen LogP contribution in [0.25, 0.3) is 16.8 Å². The molecule has 0 N–H and O–H groups in total. The zero-order valence-electron chi connectivity index (χ0n) is 9.80. The lowest BCUT2D eigenvalue weighted by molar-refractivity contribution is 0.431. The van der Waals surface area contributed by atoms with E-state index in [9.17, 15) is 4.79 Å². The minimum Gasteiger partial charge on any atom is -0.443 e. The van der Waals surface area contributed by atoms with E-state index in [1.165, 1.54) is 6.39 Å². The molecule has 0 fully saturated rings. The topological polar surface area (TPSA) is 46.3 Å². The van der Waals surface area contributed by atoms with Crippen molar-refractivity contribution in [2.75, 3.05) is 13.1 Å². The van der Waals surface area contributed by atoms with Crippen LogP contribution in [0.15, 0.2) is 41.2 Å². The third kappa shape index (κ3) is 1.83. The second-order valence-electron chi connectivity index (χ2n) is 4.19. The van der Waals surface area contributed by atoms with Crippen LogP contribution in [0.3, 0.4) is 0 Å². The van der Waals surface area contributed by atoms with Crippen LogP contribution in [0.2, 0.25) is 0 Å². The highest BCUT2D eigenvalue weighted by Gasteiger charge is 2.14. The smallest absolute Gasteiger partial charge is 0.181 e. The van der Waals surface area contributed by atoms with Crippen molar-refractivity contribution >= 4 is 22.7 Å². The summed E-state index contributed by atoms with van der Waals surface area (Å²) in [6.45, 7) is 1.60. The van der Waals surface area contributed by atoms with Gasteiger partial charge >= 0.3 is 0 Å². The molecule has 0 saturated carbocycles. The summed E-state index contributed by atoms with van der Waals surface area (Å²) in [5.41, 5.74) is 2.90. The fourth-order valence-electron chi connectivity index (χ4n) is 2.16. The van der Waals surface area contributed by atoms with Gasteiger partial charge in [-0.25, -0.2) is 9.78 Å². The summed E-state index contributed by atoms with van der Waals surface area (Å²) in [6, 6.07) is 5.55. The first-order valence-corrected chi connectivity index (χ1v) is 5.87. The first-order chi connectivity index (χ1) is 8.88. The number of hydrogen-bond donors (Lipinski definition) is 0. The van der Waals surface area contributed by atoms with Gasteiger partial charge < -0.3 is 9.32 Å². The van der Waals surface area contributed by atoms with Gasteiger partial charge in [-0.15, -0.1) is 0 Å². The van der Waals surface area contributed by atoms with Crippen molar-refractivity contribution in [3.05, 3.63) is 42.3 Å². The third-order valence-electron chi connectivity index (χ3n) is 3.07. The maximum atomic E-state index is 11.2. The average molecular weight is 240 g/mol. The van der Waals surface area contributed by atoms with Crippen molar-refractivity contribution in [3.63, 3.8) is 0 Å². The van der Waals surface area contributed by atoms with Crippen LogP contribution in [0.4, 0.5) is 0 Å². The van der Waals surface area contributed by atoms with Crippen LogP contribution in [-0.2, 0) is 4.79 Å². The number of hydrogen-bond acceptors (Lipinski definition) is 4. The molecule has 3 rings (SSSR count). The van der Waals surface area contributed by atoms with Gasteiger partial charge in [0.05, 0.1) is 0 Å². The summed E-state index contributed by atoms with van der Waals surface area (Å²) in [4.78, 5) is 17.3. The van der Waals surface area contributed by atoms with E-state index in [1.807, 2.05) is 29.0 Å². The van der Waals surface area contributed by atoms with E-state index in [0.29, 0.717) is 5.70 Å². The zero-order chi connectivity index (χ0) is 12.4. The van der Waals surface area contributed by atoms with Gasteiger partial charge in [-0.3, -0.25) is 0 Å². The number of nitrogens with zero attached hydrogens (tertiary/aromatic N) is 2. The molecular formula is C14H12N2O2. The molecule has 0 amide bonds. The zero-order valence-corrected chi connectivity index (χ0v) is 9.80. The molecule has 18 heavy (non-hydrogen) atoms. The molecule has 0 radical (unpaired) electrons. The van der Waals surface area contributed by atoms with Gasteiger partial charge in [0.15, 0.2) is 17.9 Å². The molecule has 2 aromatic rings. The van der Waals surface area contributed by atoms with Crippen LogP contribution >= 0.6 is 0 Å². The maximum Gasteiger partial charge on any atom is 0.181 e. The van der Waals surface area contributed by atoms with Gasteiger partial charge in [0, 0.05) is 18.7 Å². The van der Waals surface area contributed by atoms with E-state index in [0.717, 1.165) is 36.2 Å². The Bertz CT molecular complexity index is 651. The number of oxazole rings is 1. The number of rotatable bonds is 2. The molecular weight excluding hydrogens is 228 g/mol. The molecule has 0 unspecified atom stereocenters. The Balaban J connectivity index is 2.00. The Kier molecular flexibility index (Phi) is 2.71. The molecule has 0 saturated heterocycles. The fourth-order valence-corrected chi connectivity index (χ4v) is 2.16. The van der Waals surface area contributed by atoms with E-state index in [-0.39, 0.29) is 0 Å². The van der Waals surface area contributed by atoms with Crippen LogP contribution in [0.5, 0.6) is 0 Å². The molecule has 1 aliphatic rings. The van der Waals surface area contributed by atoms with Crippen molar-refractivity contribution in [1.82, 2.24) is 9.88 Å². The SMILES string of the molecule is O=C=C(c1ccc2ocnc2c1)N1CC=CCC1. The van der Waals surface area contributed by atoms with Crippen LogP contribution in [0.1, 0.15) is 12.0 Å². The first-order valence-electron chi connectivity index (χ1n) is 5.87. The molecule has 4 heteroatoms. The minimum atomic E-state index is 0.587. The highest BCUT2D eigenvalue weighted by Crippen LogP contribution is 2.22. The predicted octanol–water partition coefficient (Wildman–Crippen LogP) is 2.26. The van der Waals surface area contributed by atoms with Gasteiger partial charge in [-0.1, -0.05) is 12.2 Å². The van der Waals surface area contributed by atoms with E-state index in [4.69, 9.17) is 4.42 Å². The van der Waals surface area contributed by atoms with E-state index in [2.05, 4.69) is 17.1 Å². The highest BCUT2D eigenvalue weighted by atomic mass is 16.3. The van der Waals surface area contributed by atoms with Gasteiger partial charge in [0.1, 0.15) is 11.2 Å². The van der Waals surface area contributed by atoms with Crippen LogP contribution in [0, 0.1) is 0 Å². The normalized spacial score (nSPS) is 14.8. The Morgan fingerprint density at radius 1 is 1.39 bits per heavy atom. The van der Waals surface area contributed by atoms with Crippen molar-refractivity contribution in [3.8, 4) is 0 Å². The van der Waals surface area contributed by atoms with E-state index >= 15 is 0 Å². The van der Waals surface area contributed by atoms with Crippen molar-refractivity contribution in [1.29, 1.82) is 0 Å². The fraction of sp³-hybridized carbons (Fsp3) is 0.214. The Morgan fingerprint density at radius 3 is 3.11 bits per heavy atom. The second kappa shape index (κ2) is 4.51. The lowest BCUT2D eigenvalue weighted by atomic mass is 10.1. The molecule has 1 aliphatic heterocycles. The molecule has 1 aromatic heterocycles. The highest BCUT2D eigenvalue weighted by molar-refractivity contribution is 5.89. The molecule has 4 nitrogen and oxygen atoms in total. The summed E-state index contributed by atoms with van der Waals surface area (Å²) in [6.07, 6.45) is 6.55. The number of fused-ring (bicyclic) bond motifs is 1. The third-order valence-corrected chi connectivity index (χ3v) is 3.07. The Hall–Kier alpha value is -2.32. The Morgan fingerprint density at radius 2 is 2.33 bits per heavy atom. The second-order valence-corrected chi connectivity index (χ2v) is 4.19. The van der Waals surface area contributed by atoms with E-state index < -0.39 is 0 Å². The summed E-state index contributed by atoms with van der Waals surface area (Å²) in [5, 5.41) is 0. The maximum absolute atomic E-state index is 11.2. The molecule has 1 aromatic carbocycles. The van der Waals surface area contributed by atoms with Crippen LogP contribution < -0.4 is 0 Å². The van der Waals surface area contributed by atoms with Crippen molar-refractivity contribution < 1.29 is 9.21 Å². The summed E-state index contributed by atoms with van der Waals surface area (Å²) < 4.78 is 5.19. The molecule has 0 aliphatic carbocycles.